The second-order valence-electron chi connectivity index (χ2n) is 6.53. The normalized spacial score (nSPS) is 16.7. The van der Waals surface area contributed by atoms with Gasteiger partial charge in [0.1, 0.15) is 6.04 Å². The van der Waals surface area contributed by atoms with Gasteiger partial charge in [0.05, 0.1) is 11.8 Å². The first-order valence-corrected chi connectivity index (χ1v) is 9.00. The molecule has 7 heteroatoms. The summed E-state index contributed by atoms with van der Waals surface area (Å²) >= 11 is 0. The van der Waals surface area contributed by atoms with E-state index in [0.717, 1.165) is 18.4 Å². The van der Waals surface area contributed by atoms with E-state index in [1.54, 1.807) is 29.2 Å². The van der Waals surface area contributed by atoms with Gasteiger partial charge >= 0.3 is 5.97 Å². The lowest BCUT2D eigenvalue weighted by molar-refractivity contribution is -0.126. The molecule has 0 aliphatic carbocycles. The highest BCUT2D eigenvalue weighted by molar-refractivity contribution is 5.95. The van der Waals surface area contributed by atoms with Gasteiger partial charge in [0.2, 0.25) is 5.91 Å². The largest absolute Gasteiger partial charge is 0.478 e. The maximum Gasteiger partial charge on any atom is 0.335 e. The third kappa shape index (κ3) is 4.55. The van der Waals surface area contributed by atoms with Crippen LogP contribution >= 0.6 is 0 Å². The molecule has 0 saturated carbocycles. The molecule has 1 unspecified atom stereocenters. The van der Waals surface area contributed by atoms with Crippen LogP contribution in [0.25, 0.3) is 0 Å². The van der Waals surface area contributed by atoms with Crippen molar-refractivity contribution in [2.75, 3.05) is 13.1 Å². The Bertz CT molecular complexity index is 816. The molecule has 1 atom stereocenters. The Hall–Kier alpha value is -3.09. The zero-order valence-corrected chi connectivity index (χ0v) is 14.9. The number of amides is 2. The van der Waals surface area contributed by atoms with Gasteiger partial charge in [-0.15, -0.1) is 0 Å². The standard InChI is InChI=1S/C20H22N2O5/c23-18(21-10-9-14-5-3-6-15(13-14)20(25)26)16-7-1-2-11-22(16)19(24)17-8-4-12-27-17/h3-6,8,12-13,16H,1-2,7,9-11H2,(H,21,23)(H,25,26). The van der Waals surface area contributed by atoms with Crippen LogP contribution in [-0.4, -0.2) is 46.9 Å². The number of furan rings is 1. The van der Waals surface area contributed by atoms with Gasteiger partial charge < -0.3 is 19.7 Å². The number of rotatable bonds is 6. The summed E-state index contributed by atoms with van der Waals surface area (Å²) < 4.78 is 5.18. The number of hydrogen-bond acceptors (Lipinski definition) is 4. The molecule has 27 heavy (non-hydrogen) atoms. The zero-order chi connectivity index (χ0) is 19.2. The number of carboxylic acid groups (broad SMARTS) is 1. The smallest absolute Gasteiger partial charge is 0.335 e. The van der Waals surface area contributed by atoms with Gasteiger partial charge in [-0.3, -0.25) is 9.59 Å². The van der Waals surface area contributed by atoms with Crippen molar-refractivity contribution in [3.8, 4) is 0 Å². The highest BCUT2D eigenvalue weighted by Gasteiger charge is 2.33. The van der Waals surface area contributed by atoms with E-state index in [1.807, 2.05) is 6.07 Å². The van der Waals surface area contributed by atoms with Crippen LogP contribution in [0.3, 0.4) is 0 Å². The molecule has 142 valence electrons. The fourth-order valence-corrected chi connectivity index (χ4v) is 3.30. The molecule has 1 saturated heterocycles. The van der Waals surface area contributed by atoms with Crippen LogP contribution in [-0.2, 0) is 11.2 Å². The number of carbonyl (C=O) groups excluding carboxylic acids is 2. The third-order valence-electron chi connectivity index (χ3n) is 4.69. The molecule has 0 spiro atoms. The van der Waals surface area contributed by atoms with Gasteiger partial charge in [0.25, 0.3) is 5.91 Å². The van der Waals surface area contributed by atoms with E-state index in [0.29, 0.717) is 25.9 Å². The number of carbonyl (C=O) groups is 3. The lowest BCUT2D eigenvalue weighted by atomic mass is 10.0. The Morgan fingerprint density at radius 3 is 2.78 bits per heavy atom. The lowest BCUT2D eigenvalue weighted by Crippen LogP contribution is -2.52. The van der Waals surface area contributed by atoms with Gasteiger partial charge in [0.15, 0.2) is 5.76 Å². The van der Waals surface area contributed by atoms with Crippen molar-refractivity contribution in [2.24, 2.45) is 0 Å². The summed E-state index contributed by atoms with van der Waals surface area (Å²) in [5.41, 5.74) is 1.06. The predicted octanol–water partition coefficient (Wildman–Crippen LogP) is 2.33. The summed E-state index contributed by atoms with van der Waals surface area (Å²) in [6.45, 7) is 0.902. The molecule has 7 nitrogen and oxygen atoms in total. The van der Waals surface area contributed by atoms with Gasteiger partial charge in [-0.25, -0.2) is 4.79 Å². The van der Waals surface area contributed by atoms with Crippen LogP contribution in [0.15, 0.2) is 47.1 Å². The molecule has 1 aliphatic heterocycles. The van der Waals surface area contributed by atoms with Crippen LogP contribution in [0, 0.1) is 0 Å². The Kier molecular flexibility index (Phi) is 5.90. The summed E-state index contributed by atoms with van der Waals surface area (Å²) in [7, 11) is 0. The van der Waals surface area contributed by atoms with E-state index < -0.39 is 12.0 Å². The summed E-state index contributed by atoms with van der Waals surface area (Å²) in [4.78, 5) is 37.8. The van der Waals surface area contributed by atoms with Crippen LogP contribution in [0.5, 0.6) is 0 Å². The summed E-state index contributed by atoms with van der Waals surface area (Å²) in [5, 5.41) is 11.9. The molecular weight excluding hydrogens is 348 g/mol. The molecule has 1 aliphatic rings. The minimum absolute atomic E-state index is 0.191. The lowest BCUT2D eigenvalue weighted by Gasteiger charge is -2.34. The van der Waals surface area contributed by atoms with Crippen molar-refractivity contribution in [1.29, 1.82) is 0 Å². The topological polar surface area (TPSA) is 99.9 Å². The van der Waals surface area contributed by atoms with Crippen molar-refractivity contribution in [1.82, 2.24) is 10.2 Å². The Morgan fingerprint density at radius 1 is 1.19 bits per heavy atom. The average molecular weight is 370 g/mol. The number of piperidine rings is 1. The first kappa shape index (κ1) is 18.7. The molecule has 1 fully saturated rings. The van der Waals surface area contributed by atoms with Crippen LogP contribution in [0.2, 0.25) is 0 Å². The molecule has 0 radical (unpaired) electrons. The van der Waals surface area contributed by atoms with Gasteiger partial charge in [-0.2, -0.15) is 0 Å². The van der Waals surface area contributed by atoms with Gasteiger partial charge in [-0.05, 0) is 55.5 Å². The van der Waals surface area contributed by atoms with Crippen molar-refractivity contribution >= 4 is 17.8 Å². The monoisotopic (exact) mass is 370 g/mol. The molecular formula is C20H22N2O5. The average Bonchev–Trinajstić information content (AvgIpc) is 3.22. The van der Waals surface area contributed by atoms with Crippen LogP contribution in [0.4, 0.5) is 0 Å². The highest BCUT2D eigenvalue weighted by atomic mass is 16.4. The Balaban J connectivity index is 1.58. The second kappa shape index (κ2) is 8.53. The first-order chi connectivity index (χ1) is 13.1. The SMILES string of the molecule is O=C(O)c1cccc(CCNC(=O)C2CCCCN2C(=O)c2ccco2)c1. The molecule has 2 amide bonds. The quantitative estimate of drug-likeness (QED) is 0.813. The van der Waals surface area contributed by atoms with Crippen molar-refractivity contribution in [3.63, 3.8) is 0 Å². The molecule has 2 N–H and O–H groups in total. The summed E-state index contributed by atoms with van der Waals surface area (Å²) in [5.74, 6) is -1.20. The predicted molar refractivity (Wildman–Crippen MR) is 97.5 cm³/mol. The number of likely N-dealkylation sites (tertiary alicyclic amines) is 1. The van der Waals surface area contributed by atoms with E-state index in [2.05, 4.69) is 5.32 Å². The number of carboxylic acids is 1. The van der Waals surface area contributed by atoms with Gasteiger partial charge in [0, 0.05) is 13.1 Å². The first-order valence-electron chi connectivity index (χ1n) is 9.00. The Morgan fingerprint density at radius 2 is 2.04 bits per heavy atom. The van der Waals surface area contributed by atoms with E-state index in [4.69, 9.17) is 9.52 Å². The van der Waals surface area contributed by atoms with E-state index >= 15 is 0 Å². The minimum atomic E-state index is -0.977. The van der Waals surface area contributed by atoms with E-state index in [9.17, 15) is 14.4 Å². The van der Waals surface area contributed by atoms with Crippen molar-refractivity contribution in [3.05, 3.63) is 59.5 Å². The molecule has 2 heterocycles. The molecule has 2 aromatic rings. The van der Waals surface area contributed by atoms with Crippen molar-refractivity contribution in [2.45, 2.75) is 31.7 Å². The van der Waals surface area contributed by atoms with Gasteiger partial charge in [-0.1, -0.05) is 12.1 Å². The maximum atomic E-state index is 12.6. The van der Waals surface area contributed by atoms with Crippen molar-refractivity contribution < 1.29 is 23.9 Å². The molecule has 1 aromatic carbocycles. The zero-order valence-electron chi connectivity index (χ0n) is 14.9. The fraction of sp³-hybridized carbons (Fsp3) is 0.350. The van der Waals surface area contributed by atoms with E-state index in [-0.39, 0.29) is 23.1 Å². The molecule has 0 bridgehead atoms. The third-order valence-corrected chi connectivity index (χ3v) is 4.69. The summed E-state index contributed by atoms with van der Waals surface area (Å²) in [6.07, 6.45) is 4.33. The van der Waals surface area contributed by atoms with Crippen LogP contribution in [0.1, 0.15) is 45.7 Å². The summed E-state index contributed by atoms with van der Waals surface area (Å²) in [6, 6.07) is 9.38. The fourth-order valence-electron chi connectivity index (χ4n) is 3.30. The maximum absolute atomic E-state index is 12.6. The number of hydrogen-bond donors (Lipinski definition) is 2. The van der Waals surface area contributed by atoms with Crippen LogP contribution < -0.4 is 5.32 Å². The number of nitrogens with zero attached hydrogens (tertiary/aromatic N) is 1. The minimum Gasteiger partial charge on any atom is -0.478 e. The molecule has 3 rings (SSSR count). The van der Waals surface area contributed by atoms with E-state index in [1.165, 1.54) is 12.3 Å². The Labute approximate surface area is 157 Å². The number of benzene rings is 1. The molecule has 1 aromatic heterocycles. The highest BCUT2D eigenvalue weighted by Crippen LogP contribution is 2.20. The number of nitrogens with one attached hydrogen (secondary N) is 1. The second-order valence-corrected chi connectivity index (χ2v) is 6.53. The number of aromatic carboxylic acids is 1.